The summed E-state index contributed by atoms with van der Waals surface area (Å²) in [4.78, 5) is 14.9. The molecule has 37 heavy (non-hydrogen) atoms. The Morgan fingerprint density at radius 3 is 2.51 bits per heavy atom. The molecule has 3 aromatic rings. The van der Waals surface area contributed by atoms with Crippen LogP contribution in [-0.4, -0.2) is 67.2 Å². The number of carbonyl (C=O) groups excluding carboxylic acids is 1. The van der Waals surface area contributed by atoms with Crippen molar-refractivity contribution in [1.82, 2.24) is 20.0 Å². The fourth-order valence-electron chi connectivity index (χ4n) is 3.98. The Morgan fingerprint density at radius 1 is 1.16 bits per heavy atom. The summed E-state index contributed by atoms with van der Waals surface area (Å²) < 4.78 is 57.1. The number of alkyl halides is 3. The van der Waals surface area contributed by atoms with Crippen molar-refractivity contribution in [2.75, 3.05) is 46.6 Å². The van der Waals surface area contributed by atoms with Gasteiger partial charge < -0.3 is 19.5 Å². The minimum Gasteiger partial charge on any atom is -0.497 e. The van der Waals surface area contributed by atoms with E-state index in [1.165, 1.54) is 12.1 Å². The highest BCUT2D eigenvalue weighted by atomic mass is 35.5. The molecule has 198 valence electrons. The summed E-state index contributed by atoms with van der Waals surface area (Å²) in [5, 5.41) is 6.61. The van der Waals surface area contributed by atoms with Gasteiger partial charge in [0, 0.05) is 25.7 Å². The van der Waals surface area contributed by atoms with Gasteiger partial charge in [0.25, 0.3) is 5.91 Å². The van der Waals surface area contributed by atoms with Gasteiger partial charge in [-0.3, -0.25) is 9.69 Å². The minimum absolute atomic E-state index is 0.135. The monoisotopic (exact) mass is 538 g/mol. The molecular formula is C25H26ClF3N4O4. The average Bonchev–Trinajstić information content (AvgIpc) is 3.33. The van der Waals surface area contributed by atoms with E-state index in [0.29, 0.717) is 26.3 Å². The van der Waals surface area contributed by atoms with Crippen molar-refractivity contribution in [2.45, 2.75) is 12.2 Å². The van der Waals surface area contributed by atoms with Gasteiger partial charge in [0.1, 0.15) is 5.75 Å². The zero-order chi connectivity index (χ0) is 26.4. The smallest absolute Gasteiger partial charge is 0.435 e. The van der Waals surface area contributed by atoms with E-state index in [2.05, 4.69) is 15.3 Å². The molecule has 1 aliphatic heterocycles. The molecule has 1 saturated heterocycles. The van der Waals surface area contributed by atoms with Crippen LogP contribution in [0.25, 0.3) is 5.69 Å². The molecule has 1 N–H and O–H groups in total. The first kappa shape index (κ1) is 26.8. The average molecular weight is 539 g/mol. The first-order valence-electron chi connectivity index (χ1n) is 11.5. The van der Waals surface area contributed by atoms with Crippen LogP contribution in [0, 0.1) is 0 Å². The van der Waals surface area contributed by atoms with Gasteiger partial charge in [-0.15, -0.1) is 0 Å². The summed E-state index contributed by atoms with van der Waals surface area (Å²) in [6.07, 6.45) is -4.70. The minimum atomic E-state index is -4.70. The van der Waals surface area contributed by atoms with Crippen LogP contribution >= 0.6 is 11.6 Å². The van der Waals surface area contributed by atoms with Crippen LogP contribution in [0.15, 0.2) is 54.6 Å². The topological polar surface area (TPSA) is 77.8 Å². The second kappa shape index (κ2) is 11.8. The number of hydrogen-bond acceptors (Lipinski definition) is 6. The lowest BCUT2D eigenvalue weighted by molar-refractivity contribution is -0.141. The Kier molecular flexibility index (Phi) is 8.57. The highest BCUT2D eigenvalue weighted by molar-refractivity contribution is 6.32. The summed E-state index contributed by atoms with van der Waals surface area (Å²) in [6, 6.07) is 14.4. The quantitative estimate of drug-likeness (QED) is 0.442. The van der Waals surface area contributed by atoms with E-state index in [4.69, 9.17) is 25.8 Å². The van der Waals surface area contributed by atoms with Crippen LogP contribution in [0.4, 0.5) is 13.2 Å². The fourth-order valence-corrected chi connectivity index (χ4v) is 4.19. The molecule has 1 aliphatic rings. The second-order valence-electron chi connectivity index (χ2n) is 8.26. The Bertz CT molecular complexity index is 1200. The van der Waals surface area contributed by atoms with E-state index in [0.717, 1.165) is 22.1 Å². The number of nitrogens with one attached hydrogen (secondary N) is 1. The molecule has 0 aliphatic carbocycles. The number of carbonyl (C=O) groups is 1. The van der Waals surface area contributed by atoms with E-state index in [9.17, 15) is 18.0 Å². The number of rotatable bonds is 9. The summed E-state index contributed by atoms with van der Waals surface area (Å²) in [7, 11) is 1.59. The standard InChI is InChI=1S/C25H26ClF3N4O4/c1-35-18-8-6-17(7-9-18)21(32-10-12-36-13-11-32)15-30-23(34)16-37-24-14-22(25(27,28)29)31-33(24)20-5-3-2-4-19(20)26/h2-9,14,21H,10-13,15-16H2,1H3,(H,30,34). The maximum atomic E-state index is 13.3. The summed E-state index contributed by atoms with van der Waals surface area (Å²) in [5.41, 5.74) is 0.0206. The van der Waals surface area contributed by atoms with Gasteiger partial charge in [0.05, 0.1) is 37.1 Å². The lowest BCUT2D eigenvalue weighted by Gasteiger charge is -2.35. The number of para-hydroxylation sites is 1. The molecule has 8 nitrogen and oxygen atoms in total. The molecule has 0 saturated carbocycles. The number of ether oxygens (including phenoxy) is 3. The number of halogens is 4. The van der Waals surface area contributed by atoms with E-state index in [-0.39, 0.29) is 29.2 Å². The number of amides is 1. The highest BCUT2D eigenvalue weighted by Crippen LogP contribution is 2.33. The Hall–Kier alpha value is -3.28. The van der Waals surface area contributed by atoms with E-state index in [1.54, 1.807) is 19.2 Å². The lowest BCUT2D eigenvalue weighted by Crippen LogP contribution is -2.44. The van der Waals surface area contributed by atoms with Gasteiger partial charge in [-0.05, 0) is 29.8 Å². The maximum Gasteiger partial charge on any atom is 0.435 e. The Labute approximate surface area is 216 Å². The summed E-state index contributed by atoms with van der Waals surface area (Å²) >= 11 is 6.15. The molecular weight excluding hydrogens is 513 g/mol. The summed E-state index contributed by atoms with van der Waals surface area (Å²) in [5.74, 6) is -0.0297. The third-order valence-corrected chi connectivity index (χ3v) is 6.20. The van der Waals surface area contributed by atoms with Gasteiger partial charge >= 0.3 is 6.18 Å². The van der Waals surface area contributed by atoms with Crippen molar-refractivity contribution in [1.29, 1.82) is 0 Å². The Morgan fingerprint density at radius 2 is 1.86 bits per heavy atom. The molecule has 4 rings (SSSR count). The van der Waals surface area contributed by atoms with E-state index >= 15 is 0 Å². The van der Waals surface area contributed by atoms with Crippen molar-refractivity contribution in [3.63, 3.8) is 0 Å². The van der Waals surface area contributed by atoms with Crippen molar-refractivity contribution < 1.29 is 32.2 Å². The van der Waals surface area contributed by atoms with Crippen molar-refractivity contribution in [3.8, 4) is 17.3 Å². The molecule has 0 bridgehead atoms. The van der Waals surface area contributed by atoms with Gasteiger partial charge in [-0.1, -0.05) is 35.9 Å². The molecule has 1 aromatic heterocycles. The number of aromatic nitrogens is 2. The molecule has 0 radical (unpaired) electrons. The van der Waals surface area contributed by atoms with Gasteiger partial charge in [-0.25, -0.2) is 0 Å². The molecule has 1 atom stereocenters. The van der Waals surface area contributed by atoms with Gasteiger partial charge in [-0.2, -0.15) is 23.0 Å². The van der Waals surface area contributed by atoms with Crippen molar-refractivity contribution in [2.24, 2.45) is 0 Å². The van der Waals surface area contributed by atoms with Crippen LogP contribution in [0.5, 0.6) is 11.6 Å². The van der Waals surface area contributed by atoms with Gasteiger partial charge in [0.2, 0.25) is 5.88 Å². The first-order valence-corrected chi connectivity index (χ1v) is 11.9. The number of morpholine rings is 1. The van der Waals surface area contributed by atoms with Crippen LogP contribution < -0.4 is 14.8 Å². The normalized spacial score (nSPS) is 15.3. The van der Waals surface area contributed by atoms with E-state index < -0.39 is 24.4 Å². The molecule has 0 spiro atoms. The lowest BCUT2D eigenvalue weighted by atomic mass is 10.0. The van der Waals surface area contributed by atoms with Crippen LogP contribution in [-0.2, 0) is 15.7 Å². The van der Waals surface area contributed by atoms with Crippen molar-refractivity contribution >= 4 is 17.5 Å². The van der Waals surface area contributed by atoms with Crippen LogP contribution in [0.2, 0.25) is 5.02 Å². The third-order valence-electron chi connectivity index (χ3n) is 5.88. The summed E-state index contributed by atoms with van der Waals surface area (Å²) in [6.45, 7) is 2.31. The molecule has 1 unspecified atom stereocenters. The van der Waals surface area contributed by atoms with E-state index in [1.807, 2.05) is 24.3 Å². The fraction of sp³-hybridized carbons (Fsp3) is 0.360. The van der Waals surface area contributed by atoms with Gasteiger partial charge in [0.15, 0.2) is 12.3 Å². The molecule has 2 aromatic carbocycles. The molecule has 2 heterocycles. The second-order valence-corrected chi connectivity index (χ2v) is 8.67. The number of methoxy groups -OCH3 is 1. The number of nitrogens with zero attached hydrogens (tertiary/aromatic N) is 3. The van der Waals surface area contributed by atoms with Crippen molar-refractivity contribution in [3.05, 3.63) is 70.9 Å². The van der Waals surface area contributed by atoms with Crippen LogP contribution in [0.3, 0.4) is 0 Å². The Balaban J connectivity index is 1.45. The molecule has 1 amide bonds. The third kappa shape index (κ3) is 6.73. The first-order chi connectivity index (χ1) is 17.8. The zero-order valence-electron chi connectivity index (χ0n) is 20.0. The molecule has 12 heteroatoms. The zero-order valence-corrected chi connectivity index (χ0v) is 20.8. The van der Waals surface area contributed by atoms with Crippen LogP contribution in [0.1, 0.15) is 17.3 Å². The predicted octanol–water partition coefficient (Wildman–Crippen LogP) is 4.12. The SMILES string of the molecule is COc1ccc(C(CNC(=O)COc2cc(C(F)(F)F)nn2-c2ccccc2Cl)N2CCOCC2)cc1. The maximum absolute atomic E-state index is 13.3. The number of benzene rings is 2. The number of hydrogen-bond donors (Lipinski definition) is 1. The highest BCUT2D eigenvalue weighted by Gasteiger charge is 2.36. The predicted molar refractivity (Wildman–Crippen MR) is 130 cm³/mol. The largest absolute Gasteiger partial charge is 0.497 e. The molecule has 1 fully saturated rings.